The van der Waals surface area contributed by atoms with E-state index in [1.807, 2.05) is 11.9 Å². The lowest BCUT2D eigenvalue weighted by atomic mass is 9.93. The largest absolute Gasteiger partial charge is 0.375 e. The minimum atomic E-state index is -4.20. The van der Waals surface area contributed by atoms with E-state index < -0.39 is 32.0 Å². The summed E-state index contributed by atoms with van der Waals surface area (Å²) in [4.78, 5) is 23.5. The Labute approximate surface area is 179 Å². The molecule has 31 heavy (non-hydrogen) atoms. The lowest BCUT2D eigenvalue weighted by Gasteiger charge is -2.34. The first-order valence-electron chi connectivity index (χ1n) is 9.57. The Morgan fingerprint density at radius 2 is 1.84 bits per heavy atom. The number of nitrogens with one attached hydrogen (secondary N) is 1. The average Bonchev–Trinajstić information content (AvgIpc) is 2.74. The number of para-hydroxylation sites is 1. The van der Waals surface area contributed by atoms with Gasteiger partial charge in [0.25, 0.3) is 5.69 Å². The van der Waals surface area contributed by atoms with Crippen LogP contribution in [-0.2, 0) is 9.84 Å². The minimum Gasteiger partial charge on any atom is -0.375 e. The quantitative estimate of drug-likeness (QED) is 0.488. The van der Waals surface area contributed by atoms with Crippen LogP contribution in [-0.4, -0.2) is 56.5 Å². The van der Waals surface area contributed by atoms with E-state index in [9.17, 15) is 23.3 Å². The maximum Gasteiger partial charge on any atom is 0.293 e. The Morgan fingerprint density at radius 1 is 1.23 bits per heavy atom. The number of carbonyl (C=O) groups is 1. The number of carbonyl (C=O) groups excluding carboxylic acids is 1. The highest BCUT2D eigenvalue weighted by Gasteiger charge is 2.35. The molecule has 0 unspecified atom stereocenters. The van der Waals surface area contributed by atoms with Gasteiger partial charge in [-0.25, -0.2) is 12.8 Å². The Hall–Kier alpha value is -3.05. The molecule has 166 valence electrons. The number of amides is 1. The van der Waals surface area contributed by atoms with Crippen molar-refractivity contribution in [1.29, 1.82) is 0 Å². The van der Waals surface area contributed by atoms with E-state index in [1.165, 1.54) is 36.4 Å². The fourth-order valence-electron chi connectivity index (χ4n) is 3.44. The molecule has 0 aromatic heterocycles. The lowest BCUT2D eigenvalue weighted by molar-refractivity contribution is -0.384. The summed E-state index contributed by atoms with van der Waals surface area (Å²) >= 11 is 0. The monoisotopic (exact) mass is 450 g/mol. The Kier molecular flexibility index (Phi) is 6.27. The van der Waals surface area contributed by atoms with Crippen molar-refractivity contribution in [3.8, 4) is 0 Å². The minimum absolute atomic E-state index is 0.123. The summed E-state index contributed by atoms with van der Waals surface area (Å²) in [6.07, 6.45) is 0.460. The van der Waals surface area contributed by atoms with Gasteiger partial charge in [0.2, 0.25) is 15.7 Å². The van der Waals surface area contributed by atoms with Gasteiger partial charge in [-0.15, -0.1) is 0 Å². The van der Waals surface area contributed by atoms with Crippen LogP contribution in [0, 0.1) is 10.1 Å². The molecule has 2 aromatic carbocycles. The van der Waals surface area contributed by atoms with Crippen molar-refractivity contribution in [2.24, 2.45) is 5.73 Å². The van der Waals surface area contributed by atoms with Crippen LogP contribution in [0.4, 0.5) is 15.8 Å². The summed E-state index contributed by atoms with van der Waals surface area (Å²) in [6.45, 7) is 0.813. The Morgan fingerprint density at radius 3 is 2.39 bits per heavy atom. The maximum atomic E-state index is 15.2. The molecule has 3 rings (SSSR count). The molecule has 1 heterocycles. The van der Waals surface area contributed by atoms with E-state index in [1.54, 1.807) is 0 Å². The number of rotatable bonds is 7. The van der Waals surface area contributed by atoms with Crippen LogP contribution in [0.5, 0.6) is 0 Å². The van der Waals surface area contributed by atoms with Crippen molar-refractivity contribution in [3.05, 3.63) is 58.1 Å². The van der Waals surface area contributed by atoms with Gasteiger partial charge < -0.3 is 16.0 Å². The number of piperidine rings is 1. The molecule has 1 aliphatic rings. The van der Waals surface area contributed by atoms with Crippen molar-refractivity contribution in [3.63, 3.8) is 0 Å². The molecule has 11 heteroatoms. The van der Waals surface area contributed by atoms with Crippen molar-refractivity contribution in [2.75, 3.05) is 32.0 Å². The van der Waals surface area contributed by atoms with Crippen molar-refractivity contribution in [2.45, 2.75) is 28.3 Å². The van der Waals surface area contributed by atoms with Gasteiger partial charge in [0.15, 0.2) is 0 Å². The standard InChI is InChI=1S/C20H23FN4O5S/c1-24-11-9-20(21,10-12-24)13-23-18-16(25(27)28)3-2-4-17(18)31(29,30)15-7-5-14(6-8-15)19(22)26/h2-8,23H,9-13H2,1H3,(H2,22,26). The van der Waals surface area contributed by atoms with E-state index in [0.29, 0.717) is 13.1 Å². The van der Waals surface area contributed by atoms with E-state index in [4.69, 9.17) is 5.73 Å². The number of halogens is 1. The molecule has 0 spiro atoms. The summed E-state index contributed by atoms with van der Waals surface area (Å²) in [5, 5.41) is 14.3. The number of nitro groups is 1. The molecular weight excluding hydrogens is 427 g/mol. The molecule has 2 aromatic rings. The van der Waals surface area contributed by atoms with Crippen LogP contribution in [0.25, 0.3) is 0 Å². The molecule has 0 bridgehead atoms. The number of alkyl halides is 1. The van der Waals surface area contributed by atoms with Gasteiger partial charge in [-0.05, 0) is 50.2 Å². The summed E-state index contributed by atoms with van der Waals surface area (Å²) in [7, 11) is -2.32. The molecule has 1 amide bonds. The number of likely N-dealkylation sites (tertiary alicyclic amines) is 1. The zero-order valence-corrected chi connectivity index (χ0v) is 17.7. The van der Waals surface area contributed by atoms with Crippen LogP contribution in [0.15, 0.2) is 52.3 Å². The SMILES string of the molecule is CN1CCC(F)(CNc2c([N+](=O)[O-])cccc2S(=O)(=O)c2ccc(C(N)=O)cc2)CC1. The van der Waals surface area contributed by atoms with Gasteiger partial charge in [-0.3, -0.25) is 14.9 Å². The van der Waals surface area contributed by atoms with Gasteiger partial charge >= 0.3 is 0 Å². The van der Waals surface area contributed by atoms with Crippen LogP contribution < -0.4 is 11.1 Å². The highest BCUT2D eigenvalue weighted by molar-refractivity contribution is 7.91. The molecular formula is C20H23FN4O5S. The van der Waals surface area contributed by atoms with Gasteiger partial charge in [0, 0.05) is 31.3 Å². The van der Waals surface area contributed by atoms with E-state index in [-0.39, 0.29) is 40.4 Å². The third-order valence-electron chi connectivity index (χ3n) is 5.40. The first-order chi connectivity index (χ1) is 14.5. The van der Waals surface area contributed by atoms with E-state index >= 15 is 4.39 Å². The smallest absolute Gasteiger partial charge is 0.293 e. The van der Waals surface area contributed by atoms with Crippen LogP contribution in [0.2, 0.25) is 0 Å². The summed E-state index contributed by atoms with van der Waals surface area (Å²) in [5.41, 5.74) is 2.97. The Bertz CT molecular complexity index is 1100. The molecule has 3 N–H and O–H groups in total. The Balaban J connectivity index is 1.99. The number of benzene rings is 2. The van der Waals surface area contributed by atoms with Gasteiger partial charge in [0.05, 0.1) is 9.82 Å². The van der Waals surface area contributed by atoms with Crippen molar-refractivity contribution >= 4 is 27.1 Å². The molecule has 0 radical (unpaired) electrons. The molecule has 0 atom stereocenters. The second-order valence-corrected chi connectivity index (χ2v) is 9.53. The first-order valence-corrected chi connectivity index (χ1v) is 11.1. The summed E-state index contributed by atoms with van der Waals surface area (Å²) in [5.74, 6) is -0.715. The van der Waals surface area contributed by atoms with Gasteiger partial charge in [-0.1, -0.05) is 6.07 Å². The lowest BCUT2D eigenvalue weighted by Crippen LogP contribution is -2.44. The van der Waals surface area contributed by atoms with Crippen LogP contribution in [0.1, 0.15) is 23.2 Å². The van der Waals surface area contributed by atoms with Gasteiger partial charge in [0.1, 0.15) is 16.3 Å². The maximum absolute atomic E-state index is 15.2. The number of nitrogens with two attached hydrogens (primary N) is 1. The normalized spacial score (nSPS) is 16.6. The number of anilines is 1. The van der Waals surface area contributed by atoms with Crippen LogP contribution >= 0.6 is 0 Å². The second-order valence-electron chi connectivity index (χ2n) is 7.61. The third-order valence-corrected chi connectivity index (χ3v) is 7.22. The van der Waals surface area contributed by atoms with Crippen molar-refractivity contribution < 1.29 is 22.5 Å². The fourth-order valence-corrected chi connectivity index (χ4v) is 4.89. The number of hydrogen-bond acceptors (Lipinski definition) is 7. The molecule has 0 aliphatic carbocycles. The zero-order chi connectivity index (χ0) is 22.8. The number of nitrogens with zero attached hydrogens (tertiary/aromatic N) is 2. The fraction of sp³-hybridized carbons (Fsp3) is 0.350. The molecule has 1 aliphatic heterocycles. The van der Waals surface area contributed by atoms with E-state index in [0.717, 1.165) is 6.07 Å². The average molecular weight is 450 g/mol. The first kappa shape index (κ1) is 22.6. The number of nitro benzene ring substituents is 1. The molecule has 1 fully saturated rings. The van der Waals surface area contributed by atoms with E-state index in [2.05, 4.69) is 5.32 Å². The molecule has 0 saturated carbocycles. The highest BCUT2D eigenvalue weighted by atomic mass is 32.2. The number of sulfone groups is 1. The predicted octanol–water partition coefficient (Wildman–Crippen LogP) is 2.37. The summed E-state index contributed by atoms with van der Waals surface area (Å²) < 4.78 is 41.6. The predicted molar refractivity (Wildman–Crippen MR) is 113 cm³/mol. The number of primary amides is 1. The topological polar surface area (TPSA) is 136 Å². The molecule has 1 saturated heterocycles. The highest BCUT2D eigenvalue weighted by Crippen LogP contribution is 2.36. The zero-order valence-electron chi connectivity index (χ0n) is 16.9. The number of hydrogen-bond donors (Lipinski definition) is 2. The third kappa shape index (κ3) is 4.83. The van der Waals surface area contributed by atoms with Crippen LogP contribution in [0.3, 0.4) is 0 Å². The summed E-state index contributed by atoms with van der Waals surface area (Å²) in [6, 6.07) is 8.57. The van der Waals surface area contributed by atoms with Crippen molar-refractivity contribution in [1.82, 2.24) is 4.90 Å². The molecule has 9 nitrogen and oxygen atoms in total. The van der Waals surface area contributed by atoms with Gasteiger partial charge in [-0.2, -0.15) is 0 Å². The second kappa shape index (κ2) is 8.60.